The second-order valence-corrected chi connectivity index (χ2v) is 5.35. The smallest absolute Gasteiger partial charge is 0.160 e. The van der Waals surface area contributed by atoms with E-state index in [1.54, 1.807) is 13.2 Å². The molecule has 2 N–H and O–H groups in total. The van der Waals surface area contributed by atoms with E-state index in [1.165, 1.54) is 19.3 Å². The van der Waals surface area contributed by atoms with Gasteiger partial charge in [-0.1, -0.05) is 12.5 Å². The van der Waals surface area contributed by atoms with Crippen LogP contribution in [0.4, 0.5) is 0 Å². The van der Waals surface area contributed by atoms with Crippen LogP contribution >= 0.6 is 0 Å². The lowest BCUT2D eigenvalue weighted by Crippen LogP contribution is -2.42. The average molecular weight is 264 g/mol. The molecule has 1 aromatic rings. The van der Waals surface area contributed by atoms with Gasteiger partial charge in [0.05, 0.1) is 7.11 Å². The van der Waals surface area contributed by atoms with E-state index in [4.69, 9.17) is 4.74 Å². The first-order valence-electron chi connectivity index (χ1n) is 6.97. The zero-order valence-electron chi connectivity index (χ0n) is 11.9. The van der Waals surface area contributed by atoms with Crippen molar-refractivity contribution < 1.29 is 9.84 Å². The molecular weight excluding hydrogens is 240 g/mol. The molecule has 1 unspecified atom stereocenters. The van der Waals surface area contributed by atoms with E-state index in [0.717, 1.165) is 25.2 Å². The third kappa shape index (κ3) is 4.11. The number of hydrogen-bond acceptors (Lipinski definition) is 4. The molecule has 1 aliphatic heterocycles. The van der Waals surface area contributed by atoms with Crippen molar-refractivity contribution in [1.29, 1.82) is 0 Å². The Bertz CT molecular complexity index is 403. The molecule has 1 atom stereocenters. The fourth-order valence-electron chi connectivity index (χ4n) is 2.65. The van der Waals surface area contributed by atoms with E-state index in [9.17, 15) is 5.11 Å². The van der Waals surface area contributed by atoms with Gasteiger partial charge >= 0.3 is 0 Å². The van der Waals surface area contributed by atoms with E-state index in [1.807, 2.05) is 12.1 Å². The highest BCUT2D eigenvalue weighted by Crippen LogP contribution is 2.26. The summed E-state index contributed by atoms with van der Waals surface area (Å²) >= 11 is 0. The lowest BCUT2D eigenvalue weighted by atomic mass is 10.0. The fraction of sp³-hybridized carbons (Fsp3) is 0.600. The molecule has 4 heteroatoms. The minimum Gasteiger partial charge on any atom is -0.504 e. The van der Waals surface area contributed by atoms with Gasteiger partial charge in [-0.2, -0.15) is 0 Å². The van der Waals surface area contributed by atoms with Gasteiger partial charge in [-0.25, -0.2) is 0 Å². The summed E-state index contributed by atoms with van der Waals surface area (Å²) in [5.74, 6) is 0.740. The minimum atomic E-state index is 0.197. The number of nitrogens with one attached hydrogen (secondary N) is 1. The van der Waals surface area contributed by atoms with Crippen molar-refractivity contribution in [3.8, 4) is 11.5 Å². The molecule has 0 saturated carbocycles. The number of phenolic OH excluding ortho intramolecular Hbond substituents is 1. The summed E-state index contributed by atoms with van der Waals surface area (Å²) in [4.78, 5) is 2.31. The monoisotopic (exact) mass is 264 g/mol. The number of aromatic hydroxyl groups is 1. The van der Waals surface area contributed by atoms with Crippen LogP contribution in [0.2, 0.25) is 0 Å². The van der Waals surface area contributed by atoms with Crippen molar-refractivity contribution in [2.24, 2.45) is 0 Å². The largest absolute Gasteiger partial charge is 0.504 e. The predicted octanol–water partition coefficient (Wildman–Crippen LogP) is 1.97. The van der Waals surface area contributed by atoms with Crippen molar-refractivity contribution in [1.82, 2.24) is 10.2 Å². The quantitative estimate of drug-likeness (QED) is 0.853. The first-order valence-corrected chi connectivity index (χ1v) is 6.97. The predicted molar refractivity (Wildman–Crippen MR) is 76.6 cm³/mol. The van der Waals surface area contributed by atoms with E-state index in [0.29, 0.717) is 11.8 Å². The van der Waals surface area contributed by atoms with Crippen LogP contribution in [-0.2, 0) is 6.54 Å². The van der Waals surface area contributed by atoms with Crippen molar-refractivity contribution >= 4 is 0 Å². The highest BCUT2D eigenvalue weighted by atomic mass is 16.5. The highest BCUT2D eigenvalue weighted by Gasteiger charge is 2.14. The second kappa shape index (κ2) is 6.78. The molecule has 1 fully saturated rings. The van der Waals surface area contributed by atoms with Gasteiger partial charge < -0.3 is 20.1 Å². The SMILES string of the molecule is COc1cc(CN(C)CC2CCCCN2)ccc1O. The lowest BCUT2D eigenvalue weighted by Gasteiger charge is -2.28. The molecule has 0 aliphatic carbocycles. The van der Waals surface area contributed by atoms with Gasteiger partial charge in [0.2, 0.25) is 0 Å². The van der Waals surface area contributed by atoms with Crippen LogP contribution in [0, 0.1) is 0 Å². The van der Waals surface area contributed by atoms with Gasteiger partial charge in [0, 0.05) is 19.1 Å². The van der Waals surface area contributed by atoms with E-state index in [2.05, 4.69) is 17.3 Å². The molecule has 0 radical (unpaired) electrons. The van der Waals surface area contributed by atoms with E-state index >= 15 is 0 Å². The Morgan fingerprint density at radius 2 is 2.26 bits per heavy atom. The molecule has 0 aromatic heterocycles. The number of nitrogens with zero attached hydrogens (tertiary/aromatic N) is 1. The minimum absolute atomic E-state index is 0.197. The molecule has 1 heterocycles. The summed E-state index contributed by atoms with van der Waals surface area (Å²) in [5.41, 5.74) is 1.16. The maximum Gasteiger partial charge on any atom is 0.160 e. The Balaban J connectivity index is 1.88. The third-order valence-electron chi connectivity index (χ3n) is 3.64. The number of ether oxygens (including phenoxy) is 1. The standard InChI is InChI=1S/C15H24N2O2/c1-17(11-13-5-3-4-8-16-13)10-12-6-7-14(18)15(9-12)19-2/h6-7,9,13,16,18H,3-5,8,10-11H2,1-2H3. The number of piperidine rings is 1. The van der Waals surface area contributed by atoms with E-state index < -0.39 is 0 Å². The summed E-state index contributed by atoms with van der Waals surface area (Å²) in [5, 5.41) is 13.1. The summed E-state index contributed by atoms with van der Waals surface area (Å²) in [6.45, 7) is 3.07. The van der Waals surface area contributed by atoms with Crippen LogP contribution in [0.3, 0.4) is 0 Å². The summed E-state index contributed by atoms with van der Waals surface area (Å²) in [6, 6.07) is 6.15. The molecule has 0 bridgehead atoms. The fourth-order valence-corrected chi connectivity index (χ4v) is 2.65. The van der Waals surface area contributed by atoms with Crippen LogP contribution in [0.1, 0.15) is 24.8 Å². The zero-order valence-corrected chi connectivity index (χ0v) is 11.9. The Labute approximate surface area is 115 Å². The molecule has 2 rings (SSSR count). The summed E-state index contributed by atoms with van der Waals surface area (Å²) < 4.78 is 5.14. The average Bonchev–Trinajstić information content (AvgIpc) is 2.42. The molecule has 4 nitrogen and oxygen atoms in total. The second-order valence-electron chi connectivity index (χ2n) is 5.35. The first kappa shape index (κ1) is 14.2. The molecule has 1 aliphatic rings. The maximum absolute atomic E-state index is 9.58. The molecule has 1 saturated heterocycles. The van der Waals surface area contributed by atoms with Crippen molar-refractivity contribution in [2.75, 3.05) is 27.2 Å². The Kier molecular flexibility index (Phi) is 5.05. The Morgan fingerprint density at radius 1 is 1.42 bits per heavy atom. The van der Waals surface area contributed by atoms with Crippen molar-refractivity contribution in [3.63, 3.8) is 0 Å². The number of benzene rings is 1. The highest BCUT2D eigenvalue weighted by molar-refractivity contribution is 5.41. The molecule has 0 spiro atoms. The molecule has 1 aromatic carbocycles. The maximum atomic E-state index is 9.58. The molecule has 19 heavy (non-hydrogen) atoms. The van der Waals surface area contributed by atoms with E-state index in [-0.39, 0.29) is 5.75 Å². The van der Waals surface area contributed by atoms with Crippen LogP contribution in [0.25, 0.3) is 0 Å². The van der Waals surface area contributed by atoms with Gasteiger partial charge in [0.15, 0.2) is 11.5 Å². The topological polar surface area (TPSA) is 44.7 Å². The summed E-state index contributed by atoms with van der Waals surface area (Å²) in [6.07, 6.45) is 3.90. The molecular formula is C15H24N2O2. The van der Waals surface area contributed by atoms with Crippen molar-refractivity contribution in [2.45, 2.75) is 31.8 Å². The van der Waals surface area contributed by atoms with Gasteiger partial charge in [-0.15, -0.1) is 0 Å². The lowest BCUT2D eigenvalue weighted by molar-refractivity contribution is 0.256. The Hall–Kier alpha value is -1.26. The number of hydrogen-bond donors (Lipinski definition) is 2. The number of rotatable bonds is 5. The Morgan fingerprint density at radius 3 is 2.95 bits per heavy atom. The van der Waals surface area contributed by atoms with Gasteiger partial charge in [0.1, 0.15) is 0 Å². The van der Waals surface area contributed by atoms with Gasteiger partial charge in [-0.3, -0.25) is 0 Å². The van der Waals surface area contributed by atoms with Crippen molar-refractivity contribution in [3.05, 3.63) is 23.8 Å². The van der Waals surface area contributed by atoms with Crippen LogP contribution in [0.5, 0.6) is 11.5 Å². The first-order chi connectivity index (χ1) is 9.19. The zero-order chi connectivity index (χ0) is 13.7. The number of methoxy groups -OCH3 is 1. The van der Waals surface area contributed by atoms with Crippen LogP contribution in [-0.4, -0.2) is 43.3 Å². The van der Waals surface area contributed by atoms with Gasteiger partial charge in [-0.05, 0) is 44.1 Å². The molecule has 0 amide bonds. The van der Waals surface area contributed by atoms with Crippen LogP contribution in [0.15, 0.2) is 18.2 Å². The molecule has 106 valence electrons. The van der Waals surface area contributed by atoms with Crippen LogP contribution < -0.4 is 10.1 Å². The third-order valence-corrected chi connectivity index (χ3v) is 3.64. The summed E-state index contributed by atoms with van der Waals surface area (Å²) in [7, 11) is 3.71. The van der Waals surface area contributed by atoms with Gasteiger partial charge in [0.25, 0.3) is 0 Å². The number of phenols is 1. The number of likely N-dealkylation sites (N-methyl/N-ethyl adjacent to an activating group) is 1. The normalized spacial score (nSPS) is 19.6.